The highest BCUT2D eigenvalue weighted by Crippen LogP contribution is 2.30. The first kappa shape index (κ1) is 17.3. The molecule has 1 aliphatic rings. The van der Waals surface area contributed by atoms with Crippen LogP contribution in [0.5, 0.6) is 5.75 Å². The Hall–Kier alpha value is -2.57. The molecule has 0 spiro atoms. The molecule has 0 bridgehead atoms. The van der Waals surface area contributed by atoms with Crippen molar-refractivity contribution >= 4 is 12.1 Å². The molecule has 0 atom stereocenters. The lowest BCUT2D eigenvalue weighted by Crippen LogP contribution is -2.38. The summed E-state index contributed by atoms with van der Waals surface area (Å²) < 4.78 is 43.6. The second kappa shape index (κ2) is 7.13. The number of hydrogen-bond acceptors (Lipinski definition) is 4. The number of alkyl halides is 3. The van der Waals surface area contributed by atoms with Crippen LogP contribution in [-0.4, -0.2) is 30.5 Å². The van der Waals surface area contributed by atoms with Crippen LogP contribution in [0.2, 0.25) is 0 Å². The number of aldehydes is 1. The Kier molecular flexibility index (Phi) is 4.92. The molecule has 25 heavy (non-hydrogen) atoms. The number of halogens is 3. The smallest absolute Gasteiger partial charge is 0.417 e. The second-order valence-electron chi connectivity index (χ2n) is 5.89. The summed E-state index contributed by atoms with van der Waals surface area (Å²) in [5.41, 5.74) is -0.149. The van der Waals surface area contributed by atoms with E-state index in [1.54, 1.807) is 24.3 Å². The van der Waals surface area contributed by atoms with Crippen LogP contribution >= 0.6 is 0 Å². The molecule has 2 aromatic rings. The largest absolute Gasteiger partial charge is 0.490 e. The van der Waals surface area contributed by atoms with Crippen LogP contribution in [0.3, 0.4) is 0 Å². The van der Waals surface area contributed by atoms with Crippen molar-refractivity contribution in [2.75, 3.05) is 18.0 Å². The first-order valence-electron chi connectivity index (χ1n) is 7.96. The summed E-state index contributed by atoms with van der Waals surface area (Å²) in [7, 11) is 0. The molecule has 7 heteroatoms. The minimum atomic E-state index is -4.37. The standard InChI is InChI=1S/C18H17F3N2O2/c19-18(20,21)14-3-6-17(22-11-14)23-9-7-16(8-10-23)25-15-4-1-13(12-24)2-5-15/h1-6,11-12,16H,7-10H2. The molecule has 4 nitrogen and oxygen atoms in total. The molecule has 1 aromatic heterocycles. The summed E-state index contributed by atoms with van der Waals surface area (Å²) in [6, 6.07) is 9.37. The topological polar surface area (TPSA) is 42.4 Å². The van der Waals surface area contributed by atoms with Gasteiger partial charge in [-0.15, -0.1) is 0 Å². The molecule has 1 fully saturated rings. The number of hydrogen-bond donors (Lipinski definition) is 0. The van der Waals surface area contributed by atoms with Crippen molar-refractivity contribution < 1.29 is 22.7 Å². The zero-order chi connectivity index (χ0) is 17.9. The number of aromatic nitrogens is 1. The number of benzene rings is 1. The summed E-state index contributed by atoms with van der Waals surface area (Å²) in [6.45, 7) is 1.32. The Balaban J connectivity index is 1.55. The lowest BCUT2D eigenvalue weighted by Gasteiger charge is -2.33. The third-order valence-electron chi connectivity index (χ3n) is 4.16. The molecule has 0 radical (unpaired) electrons. The van der Waals surface area contributed by atoms with Crippen LogP contribution < -0.4 is 9.64 Å². The number of carbonyl (C=O) groups excluding carboxylic acids is 1. The van der Waals surface area contributed by atoms with Crippen LogP contribution in [0.1, 0.15) is 28.8 Å². The number of anilines is 1. The fourth-order valence-electron chi connectivity index (χ4n) is 2.76. The van der Waals surface area contributed by atoms with Crippen LogP contribution in [0.25, 0.3) is 0 Å². The van der Waals surface area contributed by atoms with E-state index in [1.165, 1.54) is 6.07 Å². The number of piperidine rings is 1. The quantitative estimate of drug-likeness (QED) is 0.783. The minimum absolute atomic E-state index is 0.0350. The van der Waals surface area contributed by atoms with Gasteiger partial charge in [0.25, 0.3) is 0 Å². The highest BCUT2D eigenvalue weighted by atomic mass is 19.4. The van der Waals surface area contributed by atoms with Gasteiger partial charge in [0, 0.05) is 37.7 Å². The molecule has 1 aromatic carbocycles. The average molecular weight is 350 g/mol. The Morgan fingerprint density at radius 1 is 1.08 bits per heavy atom. The predicted molar refractivity (Wildman–Crippen MR) is 86.9 cm³/mol. The highest BCUT2D eigenvalue weighted by Gasteiger charge is 2.31. The zero-order valence-electron chi connectivity index (χ0n) is 13.4. The monoisotopic (exact) mass is 350 g/mol. The van der Waals surface area contributed by atoms with Crippen LogP contribution in [-0.2, 0) is 6.18 Å². The van der Waals surface area contributed by atoms with E-state index in [1.807, 2.05) is 4.90 Å². The molecule has 132 valence electrons. The van der Waals surface area contributed by atoms with E-state index in [0.717, 1.165) is 31.4 Å². The number of rotatable bonds is 4. The van der Waals surface area contributed by atoms with Crippen molar-refractivity contribution in [2.45, 2.75) is 25.1 Å². The highest BCUT2D eigenvalue weighted by molar-refractivity contribution is 5.74. The zero-order valence-corrected chi connectivity index (χ0v) is 13.4. The van der Waals surface area contributed by atoms with E-state index in [4.69, 9.17) is 4.74 Å². The maximum Gasteiger partial charge on any atom is 0.417 e. The summed E-state index contributed by atoms with van der Waals surface area (Å²) in [5, 5.41) is 0. The molecule has 0 saturated carbocycles. The predicted octanol–water partition coefficient (Wildman–Crippen LogP) is 3.96. The number of carbonyl (C=O) groups is 1. The van der Waals surface area contributed by atoms with E-state index in [9.17, 15) is 18.0 Å². The molecule has 2 heterocycles. The van der Waals surface area contributed by atoms with Crippen molar-refractivity contribution in [1.82, 2.24) is 4.98 Å². The fourth-order valence-corrected chi connectivity index (χ4v) is 2.76. The van der Waals surface area contributed by atoms with Crippen LogP contribution in [0.4, 0.5) is 19.0 Å². The van der Waals surface area contributed by atoms with Gasteiger partial charge < -0.3 is 9.64 Å². The van der Waals surface area contributed by atoms with Gasteiger partial charge in [-0.2, -0.15) is 13.2 Å². The van der Waals surface area contributed by atoms with Gasteiger partial charge in [-0.05, 0) is 36.4 Å². The first-order valence-corrected chi connectivity index (χ1v) is 7.96. The average Bonchev–Trinajstić information content (AvgIpc) is 2.62. The van der Waals surface area contributed by atoms with Gasteiger partial charge in [-0.1, -0.05) is 0 Å². The molecule has 3 rings (SSSR count). The minimum Gasteiger partial charge on any atom is -0.490 e. The number of ether oxygens (including phenoxy) is 1. The molecule has 0 N–H and O–H groups in total. The van der Waals surface area contributed by atoms with E-state index in [2.05, 4.69) is 4.98 Å². The Labute approximate surface area is 143 Å². The summed E-state index contributed by atoms with van der Waals surface area (Å²) in [4.78, 5) is 16.5. The summed E-state index contributed by atoms with van der Waals surface area (Å²) >= 11 is 0. The third-order valence-corrected chi connectivity index (χ3v) is 4.16. The van der Waals surface area contributed by atoms with E-state index < -0.39 is 11.7 Å². The van der Waals surface area contributed by atoms with Crippen molar-refractivity contribution in [2.24, 2.45) is 0 Å². The van der Waals surface area contributed by atoms with Crippen LogP contribution in [0, 0.1) is 0 Å². The fraction of sp³-hybridized carbons (Fsp3) is 0.333. The van der Waals surface area contributed by atoms with Gasteiger partial charge >= 0.3 is 6.18 Å². The number of pyridine rings is 1. The van der Waals surface area contributed by atoms with Crippen molar-refractivity contribution in [1.29, 1.82) is 0 Å². The Bertz CT molecular complexity index is 707. The molecule has 1 saturated heterocycles. The van der Waals surface area contributed by atoms with E-state index >= 15 is 0 Å². The first-order chi connectivity index (χ1) is 12.0. The SMILES string of the molecule is O=Cc1ccc(OC2CCN(c3ccc(C(F)(F)F)cn3)CC2)cc1. The van der Waals surface area contributed by atoms with E-state index in [-0.39, 0.29) is 6.10 Å². The van der Waals surface area contributed by atoms with Crippen molar-refractivity contribution in [3.63, 3.8) is 0 Å². The molecule has 0 unspecified atom stereocenters. The lowest BCUT2D eigenvalue weighted by atomic mass is 10.1. The van der Waals surface area contributed by atoms with Crippen molar-refractivity contribution in [3.05, 3.63) is 53.7 Å². The Morgan fingerprint density at radius 3 is 2.28 bits per heavy atom. The molecule has 0 aliphatic carbocycles. The van der Waals surface area contributed by atoms with Gasteiger partial charge in [-0.3, -0.25) is 4.79 Å². The molecule has 1 aliphatic heterocycles. The van der Waals surface area contributed by atoms with E-state index in [0.29, 0.717) is 30.2 Å². The lowest BCUT2D eigenvalue weighted by molar-refractivity contribution is -0.137. The maximum absolute atomic E-state index is 12.6. The number of nitrogens with zero attached hydrogens (tertiary/aromatic N) is 2. The summed E-state index contributed by atoms with van der Waals surface area (Å²) in [5.74, 6) is 1.25. The second-order valence-corrected chi connectivity index (χ2v) is 5.89. The molecular weight excluding hydrogens is 333 g/mol. The maximum atomic E-state index is 12.6. The van der Waals surface area contributed by atoms with Gasteiger partial charge in [0.1, 0.15) is 24.0 Å². The normalized spacial score (nSPS) is 15.9. The third kappa shape index (κ3) is 4.29. The van der Waals surface area contributed by atoms with Gasteiger partial charge in [0.2, 0.25) is 0 Å². The van der Waals surface area contributed by atoms with Crippen molar-refractivity contribution in [3.8, 4) is 5.75 Å². The molecule has 0 amide bonds. The van der Waals surface area contributed by atoms with Gasteiger partial charge in [0.15, 0.2) is 0 Å². The molecular formula is C18H17F3N2O2. The summed E-state index contributed by atoms with van der Waals surface area (Å²) in [6.07, 6.45) is -1.19. The Morgan fingerprint density at radius 2 is 1.76 bits per heavy atom. The van der Waals surface area contributed by atoms with Gasteiger partial charge in [-0.25, -0.2) is 4.98 Å². The van der Waals surface area contributed by atoms with Gasteiger partial charge in [0.05, 0.1) is 5.56 Å². The van der Waals surface area contributed by atoms with Crippen LogP contribution in [0.15, 0.2) is 42.6 Å².